The van der Waals surface area contributed by atoms with Crippen molar-refractivity contribution in [2.24, 2.45) is 0 Å². The van der Waals surface area contributed by atoms with Gasteiger partial charge in [0.05, 0.1) is 22.5 Å². The first-order chi connectivity index (χ1) is 13.8. The fourth-order valence-corrected chi connectivity index (χ4v) is 2.69. The molecule has 0 unspecified atom stereocenters. The van der Waals surface area contributed by atoms with Crippen LogP contribution in [0.15, 0.2) is 51.7 Å². The van der Waals surface area contributed by atoms with E-state index in [0.717, 1.165) is 0 Å². The number of aryl methyl sites for hydroxylation is 2. The monoisotopic (exact) mass is 399 g/mol. The highest BCUT2D eigenvalue weighted by Crippen LogP contribution is 2.21. The Labute approximate surface area is 163 Å². The second-order valence-electron chi connectivity index (χ2n) is 6.20. The highest BCUT2D eigenvalue weighted by Gasteiger charge is 2.14. The van der Waals surface area contributed by atoms with Crippen LogP contribution in [0.2, 0.25) is 0 Å². The average Bonchev–Trinajstić information content (AvgIpc) is 3.01. The first kappa shape index (κ1) is 19.8. The summed E-state index contributed by atoms with van der Waals surface area (Å²) in [6, 6.07) is 10.9. The van der Waals surface area contributed by atoms with Crippen LogP contribution in [0.3, 0.4) is 0 Å². The molecule has 3 rings (SSSR count). The van der Waals surface area contributed by atoms with Crippen LogP contribution in [0, 0.1) is 17.0 Å². The Bertz CT molecular complexity index is 1150. The van der Waals surface area contributed by atoms with Crippen molar-refractivity contribution < 1.29 is 23.7 Å². The maximum atomic E-state index is 12.0. The number of carbonyl (C=O) groups is 2. The lowest BCUT2D eigenvalue weighted by Crippen LogP contribution is -2.23. The first-order valence-electron chi connectivity index (χ1n) is 8.64. The largest absolute Gasteiger partial charge is 0.456 e. The van der Waals surface area contributed by atoms with Gasteiger partial charge in [-0.05, 0) is 24.6 Å². The molecule has 0 aliphatic heterocycles. The Kier molecular flexibility index (Phi) is 5.72. The molecule has 1 heterocycles. The molecule has 0 spiro atoms. The highest BCUT2D eigenvalue weighted by atomic mass is 16.6. The molecule has 29 heavy (non-hydrogen) atoms. The normalized spacial score (nSPS) is 10.7. The molecule has 0 radical (unpaired) electrons. The number of non-ortho nitro benzene ring substituents is 1. The lowest BCUT2D eigenvalue weighted by molar-refractivity contribution is -0.384. The van der Waals surface area contributed by atoms with E-state index < -0.39 is 29.2 Å². The smallest absolute Gasteiger partial charge is 0.419 e. The molecule has 0 fully saturated rings. The second kappa shape index (κ2) is 8.38. The summed E-state index contributed by atoms with van der Waals surface area (Å²) in [6.45, 7) is 1.17. The Balaban J connectivity index is 1.53. The Morgan fingerprint density at radius 3 is 2.76 bits per heavy atom. The van der Waals surface area contributed by atoms with E-state index in [0.29, 0.717) is 16.7 Å². The van der Waals surface area contributed by atoms with Gasteiger partial charge < -0.3 is 14.5 Å². The molecule has 1 N–H and O–H groups in total. The molecular weight excluding hydrogens is 382 g/mol. The van der Waals surface area contributed by atoms with Crippen LogP contribution in [0.4, 0.5) is 11.4 Å². The van der Waals surface area contributed by atoms with Crippen molar-refractivity contribution in [3.8, 4) is 0 Å². The van der Waals surface area contributed by atoms with Crippen LogP contribution in [-0.4, -0.2) is 28.0 Å². The van der Waals surface area contributed by atoms with Crippen molar-refractivity contribution in [3.63, 3.8) is 0 Å². The second-order valence-corrected chi connectivity index (χ2v) is 6.20. The van der Waals surface area contributed by atoms with Gasteiger partial charge in [-0.15, -0.1) is 0 Å². The van der Waals surface area contributed by atoms with E-state index in [2.05, 4.69) is 5.32 Å². The summed E-state index contributed by atoms with van der Waals surface area (Å²) in [7, 11) is 0. The molecule has 10 heteroatoms. The summed E-state index contributed by atoms with van der Waals surface area (Å²) >= 11 is 0. The Hall–Kier alpha value is -3.95. The number of hydrogen-bond donors (Lipinski definition) is 1. The van der Waals surface area contributed by atoms with Gasteiger partial charge in [-0.3, -0.25) is 24.3 Å². The number of nitro groups is 1. The maximum absolute atomic E-state index is 12.0. The van der Waals surface area contributed by atoms with Crippen LogP contribution < -0.4 is 11.1 Å². The number of ether oxygens (including phenoxy) is 1. The molecule has 0 aliphatic carbocycles. The standard InChI is InChI=1S/C19H17N3O7/c1-12-6-7-13(22(26)27)10-14(12)20-17(23)11-28-18(24)8-9-21-15-4-2-3-5-16(15)29-19(21)25/h2-7,10H,8-9,11H2,1H3,(H,20,23). The summed E-state index contributed by atoms with van der Waals surface area (Å²) in [4.78, 5) is 46.0. The van der Waals surface area contributed by atoms with Gasteiger partial charge in [0.15, 0.2) is 12.2 Å². The van der Waals surface area contributed by atoms with Gasteiger partial charge >= 0.3 is 11.7 Å². The van der Waals surface area contributed by atoms with E-state index >= 15 is 0 Å². The SMILES string of the molecule is Cc1ccc([N+](=O)[O-])cc1NC(=O)COC(=O)CCn1c(=O)oc2ccccc21. The molecule has 0 saturated carbocycles. The predicted molar refractivity (Wildman–Crippen MR) is 103 cm³/mol. The van der Waals surface area contributed by atoms with Crippen LogP contribution in [0.25, 0.3) is 11.1 Å². The molecule has 2 aromatic carbocycles. The molecule has 3 aromatic rings. The van der Waals surface area contributed by atoms with E-state index in [1.54, 1.807) is 31.2 Å². The van der Waals surface area contributed by atoms with Gasteiger partial charge in [0.2, 0.25) is 0 Å². The van der Waals surface area contributed by atoms with E-state index in [4.69, 9.17) is 9.15 Å². The fraction of sp³-hybridized carbons (Fsp3) is 0.211. The Morgan fingerprint density at radius 2 is 2.00 bits per heavy atom. The molecule has 0 aliphatic rings. The Morgan fingerprint density at radius 1 is 1.24 bits per heavy atom. The number of carbonyl (C=O) groups excluding carboxylic acids is 2. The molecule has 0 atom stereocenters. The third-order valence-corrected chi connectivity index (χ3v) is 4.18. The molecule has 0 saturated heterocycles. The number of nitrogens with one attached hydrogen (secondary N) is 1. The number of aromatic nitrogens is 1. The van der Waals surface area contributed by atoms with Crippen LogP contribution in [0.1, 0.15) is 12.0 Å². The van der Waals surface area contributed by atoms with Crippen LogP contribution >= 0.6 is 0 Å². The lowest BCUT2D eigenvalue weighted by Gasteiger charge is -2.09. The zero-order chi connectivity index (χ0) is 21.0. The van der Waals surface area contributed by atoms with Gasteiger partial charge in [0.1, 0.15) is 0 Å². The highest BCUT2D eigenvalue weighted by molar-refractivity contribution is 5.93. The maximum Gasteiger partial charge on any atom is 0.419 e. The number of nitro benzene ring substituents is 1. The predicted octanol–water partition coefficient (Wildman–Crippen LogP) is 2.38. The van der Waals surface area contributed by atoms with Crippen molar-refractivity contribution in [1.82, 2.24) is 4.57 Å². The molecule has 150 valence electrons. The van der Waals surface area contributed by atoms with Crippen molar-refractivity contribution in [1.29, 1.82) is 0 Å². The molecule has 1 amide bonds. The first-order valence-corrected chi connectivity index (χ1v) is 8.64. The van der Waals surface area contributed by atoms with E-state index in [1.807, 2.05) is 0 Å². The third kappa shape index (κ3) is 4.67. The average molecular weight is 399 g/mol. The minimum absolute atomic E-state index is 0.0420. The third-order valence-electron chi connectivity index (χ3n) is 4.18. The number of amides is 1. The molecule has 10 nitrogen and oxygen atoms in total. The van der Waals surface area contributed by atoms with Crippen molar-refractivity contribution >= 4 is 34.4 Å². The zero-order valence-corrected chi connectivity index (χ0v) is 15.4. The topological polar surface area (TPSA) is 134 Å². The van der Waals surface area contributed by atoms with Gasteiger partial charge in [-0.25, -0.2) is 4.79 Å². The minimum Gasteiger partial charge on any atom is -0.456 e. The van der Waals surface area contributed by atoms with Gasteiger partial charge in [-0.1, -0.05) is 18.2 Å². The quantitative estimate of drug-likeness (QED) is 0.366. The van der Waals surface area contributed by atoms with Crippen molar-refractivity contribution in [2.75, 3.05) is 11.9 Å². The summed E-state index contributed by atoms with van der Waals surface area (Å²) in [5, 5.41) is 13.3. The number of fused-ring (bicyclic) bond motifs is 1. The van der Waals surface area contributed by atoms with Crippen molar-refractivity contribution in [2.45, 2.75) is 19.9 Å². The zero-order valence-electron chi connectivity index (χ0n) is 15.4. The number of para-hydroxylation sites is 2. The number of oxazole rings is 1. The van der Waals surface area contributed by atoms with Gasteiger partial charge in [-0.2, -0.15) is 0 Å². The minimum atomic E-state index is -0.673. The summed E-state index contributed by atoms with van der Waals surface area (Å²) in [6.07, 6.45) is -0.132. The molecular formula is C19H17N3O7. The van der Waals surface area contributed by atoms with E-state index in [-0.39, 0.29) is 24.3 Å². The summed E-state index contributed by atoms with van der Waals surface area (Å²) in [5.41, 5.74) is 1.69. The number of esters is 1. The summed E-state index contributed by atoms with van der Waals surface area (Å²) < 4.78 is 11.3. The lowest BCUT2D eigenvalue weighted by atomic mass is 10.2. The number of rotatable bonds is 7. The van der Waals surface area contributed by atoms with Gasteiger partial charge in [0.25, 0.3) is 11.6 Å². The van der Waals surface area contributed by atoms with Crippen LogP contribution in [0.5, 0.6) is 0 Å². The number of hydrogen-bond acceptors (Lipinski definition) is 7. The molecule has 1 aromatic heterocycles. The van der Waals surface area contributed by atoms with E-state index in [1.165, 1.54) is 22.8 Å². The number of anilines is 1. The van der Waals surface area contributed by atoms with Crippen LogP contribution in [-0.2, 0) is 20.9 Å². The van der Waals surface area contributed by atoms with E-state index in [9.17, 15) is 24.5 Å². The van der Waals surface area contributed by atoms with Gasteiger partial charge in [0, 0.05) is 18.7 Å². The summed E-state index contributed by atoms with van der Waals surface area (Å²) in [5.74, 6) is -1.89. The number of benzene rings is 2. The van der Waals surface area contributed by atoms with Crippen molar-refractivity contribution in [3.05, 3.63) is 68.7 Å². The fourth-order valence-electron chi connectivity index (χ4n) is 2.69. The molecule has 0 bridgehead atoms. The number of nitrogens with zero attached hydrogens (tertiary/aromatic N) is 2.